The van der Waals surface area contributed by atoms with Crippen LogP contribution in [0.5, 0.6) is 0 Å². The minimum absolute atomic E-state index is 0.171. The molecule has 23 heavy (non-hydrogen) atoms. The molecule has 0 unspecified atom stereocenters. The number of thiophene rings is 1. The van der Waals surface area contributed by atoms with E-state index in [4.69, 9.17) is 4.74 Å². The maximum Gasteiger partial charge on any atom is 0.341 e. The van der Waals surface area contributed by atoms with Gasteiger partial charge in [-0.1, -0.05) is 0 Å². The van der Waals surface area contributed by atoms with Gasteiger partial charge < -0.3 is 10.1 Å². The highest BCUT2D eigenvalue weighted by Crippen LogP contribution is 2.32. The SMILES string of the molecule is COC(=O)c1c(NC(=O)C[n+]2cccc(C)c2C)sc(C)c1C. The molecule has 2 aromatic rings. The van der Waals surface area contributed by atoms with Gasteiger partial charge in [0.25, 0.3) is 5.91 Å². The van der Waals surface area contributed by atoms with Crippen LogP contribution in [0.25, 0.3) is 0 Å². The van der Waals surface area contributed by atoms with Crippen molar-refractivity contribution in [2.45, 2.75) is 34.2 Å². The molecule has 2 aromatic heterocycles. The van der Waals surface area contributed by atoms with Crippen LogP contribution >= 0.6 is 11.3 Å². The lowest BCUT2D eigenvalue weighted by Gasteiger charge is -2.06. The number of methoxy groups -OCH3 is 1. The second-order valence-corrected chi connectivity index (χ2v) is 6.66. The van der Waals surface area contributed by atoms with Crippen molar-refractivity contribution in [2.24, 2.45) is 0 Å². The molecule has 0 saturated heterocycles. The predicted molar refractivity (Wildman–Crippen MR) is 89.9 cm³/mol. The number of amides is 1. The number of carbonyl (C=O) groups excluding carboxylic acids is 2. The van der Waals surface area contributed by atoms with E-state index >= 15 is 0 Å². The first-order valence-electron chi connectivity index (χ1n) is 7.29. The van der Waals surface area contributed by atoms with E-state index in [-0.39, 0.29) is 12.5 Å². The van der Waals surface area contributed by atoms with E-state index in [0.29, 0.717) is 10.6 Å². The monoisotopic (exact) mass is 333 g/mol. The molecule has 6 heteroatoms. The second kappa shape index (κ2) is 6.91. The van der Waals surface area contributed by atoms with E-state index in [0.717, 1.165) is 21.7 Å². The third-order valence-corrected chi connectivity index (χ3v) is 5.08. The number of esters is 1. The lowest BCUT2D eigenvalue weighted by atomic mass is 10.1. The molecule has 5 nitrogen and oxygen atoms in total. The number of nitrogens with zero attached hydrogens (tertiary/aromatic N) is 1. The Hall–Kier alpha value is -2.21. The number of pyridine rings is 1. The molecule has 1 amide bonds. The second-order valence-electron chi connectivity index (χ2n) is 5.43. The summed E-state index contributed by atoms with van der Waals surface area (Å²) in [5.74, 6) is -0.600. The Bertz CT molecular complexity index is 765. The highest BCUT2D eigenvalue weighted by molar-refractivity contribution is 7.16. The van der Waals surface area contributed by atoms with E-state index in [1.807, 2.05) is 50.6 Å². The highest BCUT2D eigenvalue weighted by atomic mass is 32.1. The number of aromatic nitrogens is 1. The average molecular weight is 333 g/mol. The molecule has 0 aromatic carbocycles. The summed E-state index contributed by atoms with van der Waals surface area (Å²) in [6.07, 6.45) is 1.87. The molecule has 2 heterocycles. The molecule has 122 valence electrons. The molecule has 0 spiro atoms. The molecule has 0 saturated carbocycles. The van der Waals surface area contributed by atoms with Crippen molar-refractivity contribution in [3.8, 4) is 0 Å². The normalized spacial score (nSPS) is 10.5. The summed E-state index contributed by atoms with van der Waals surface area (Å²) in [5, 5.41) is 3.38. The molecule has 0 aliphatic rings. The number of hydrogen-bond acceptors (Lipinski definition) is 4. The van der Waals surface area contributed by atoms with Gasteiger partial charge in [-0.05, 0) is 32.4 Å². The Kier molecular flexibility index (Phi) is 5.15. The van der Waals surface area contributed by atoms with Crippen molar-refractivity contribution in [1.82, 2.24) is 0 Å². The van der Waals surface area contributed by atoms with Gasteiger partial charge in [0.15, 0.2) is 11.9 Å². The molecular weight excluding hydrogens is 312 g/mol. The first kappa shape index (κ1) is 17.1. The standard InChI is InChI=1S/C17H20N2O3S/c1-10-7-6-8-19(12(10)3)9-14(20)18-16-15(17(21)22-5)11(2)13(4)23-16/h6-8H,9H2,1-5H3/p+1. The average Bonchev–Trinajstić information content (AvgIpc) is 2.77. The van der Waals surface area contributed by atoms with Crippen LogP contribution in [0.1, 0.15) is 32.1 Å². The Morgan fingerprint density at radius 2 is 1.96 bits per heavy atom. The molecule has 0 fully saturated rings. The largest absolute Gasteiger partial charge is 0.465 e. The third-order valence-electron chi connectivity index (χ3n) is 3.96. The topological polar surface area (TPSA) is 59.3 Å². The van der Waals surface area contributed by atoms with Crippen molar-refractivity contribution in [3.63, 3.8) is 0 Å². The Labute approximate surface area is 139 Å². The summed E-state index contributed by atoms with van der Waals surface area (Å²) in [6, 6.07) is 3.92. The summed E-state index contributed by atoms with van der Waals surface area (Å²) in [6.45, 7) is 7.95. The Balaban J connectivity index is 2.22. The van der Waals surface area contributed by atoms with Crippen LogP contribution < -0.4 is 9.88 Å². The van der Waals surface area contributed by atoms with Crippen LogP contribution in [0.15, 0.2) is 18.3 Å². The van der Waals surface area contributed by atoms with E-state index in [1.54, 1.807) is 0 Å². The molecule has 0 bridgehead atoms. The highest BCUT2D eigenvalue weighted by Gasteiger charge is 2.23. The van der Waals surface area contributed by atoms with Gasteiger partial charge in [-0.2, -0.15) is 4.57 Å². The van der Waals surface area contributed by atoms with E-state index in [9.17, 15) is 9.59 Å². The van der Waals surface area contributed by atoms with E-state index in [1.165, 1.54) is 18.4 Å². The molecule has 0 atom stereocenters. The summed E-state index contributed by atoms with van der Waals surface area (Å²) in [5.41, 5.74) is 3.44. The van der Waals surface area contributed by atoms with Gasteiger partial charge in [0.2, 0.25) is 6.54 Å². The number of ether oxygens (including phenoxy) is 1. The summed E-state index contributed by atoms with van der Waals surface area (Å²) in [4.78, 5) is 25.3. The van der Waals surface area contributed by atoms with Crippen molar-refractivity contribution in [3.05, 3.63) is 45.6 Å². The number of hydrogen-bond donors (Lipinski definition) is 1. The summed E-state index contributed by atoms with van der Waals surface area (Å²) >= 11 is 1.39. The molecule has 2 rings (SSSR count). The van der Waals surface area contributed by atoms with E-state index in [2.05, 4.69) is 5.32 Å². The Morgan fingerprint density at radius 1 is 1.26 bits per heavy atom. The van der Waals surface area contributed by atoms with Crippen LogP contribution in [0.4, 0.5) is 5.00 Å². The van der Waals surface area contributed by atoms with Crippen molar-refractivity contribution >= 4 is 28.2 Å². The molecule has 0 aliphatic carbocycles. The van der Waals surface area contributed by atoms with Gasteiger partial charge in [-0.25, -0.2) is 4.79 Å². The minimum Gasteiger partial charge on any atom is -0.465 e. The fourth-order valence-electron chi connectivity index (χ4n) is 2.31. The number of carbonyl (C=O) groups is 2. The number of anilines is 1. The lowest BCUT2D eigenvalue weighted by Crippen LogP contribution is -2.43. The van der Waals surface area contributed by atoms with Crippen molar-refractivity contribution in [1.29, 1.82) is 0 Å². The van der Waals surface area contributed by atoms with E-state index < -0.39 is 5.97 Å². The first-order chi connectivity index (χ1) is 10.8. The Morgan fingerprint density at radius 3 is 2.61 bits per heavy atom. The zero-order valence-corrected chi connectivity index (χ0v) is 14.8. The quantitative estimate of drug-likeness (QED) is 0.691. The first-order valence-corrected chi connectivity index (χ1v) is 8.10. The van der Waals surface area contributed by atoms with Gasteiger partial charge in [-0.15, -0.1) is 11.3 Å². The maximum absolute atomic E-state index is 12.4. The molecular formula is C17H21N2O3S+. The molecule has 0 radical (unpaired) electrons. The van der Waals surface area contributed by atoms with Gasteiger partial charge >= 0.3 is 5.97 Å². The summed E-state index contributed by atoms with van der Waals surface area (Å²) in [7, 11) is 1.34. The van der Waals surface area contributed by atoms with Gasteiger partial charge in [0, 0.05) is 23.4 Å². The van der Waals surface area contributed by atoms with Crippen LogP contribution in [0, 0.1) is 27.7 Å². The molecule has 1 N–H and O–H groups in total. The maximum atomic E-state index is 12.4. The van der Waals surface area contributed by atoms with Crippen molar-refractivity contribution < 1.29 is 18.9 Å². The smallest absolute Gasteiger partial charge is 0.341 e. The van der Waals surface area contributed by atoms with Crippen LogP contribution in [-0.4, -0.2) is 19.0 Å². The fourth-order valence-corrected chi connectivity index (χ4v) is 3.37. The molecule has 0 aliphatic heterocycles. The van der Waals surface area contributed by atoms with Gasteiger partial charge in [0.1, 0.15) is 5.00 Å². The van der Waals surface area contributed by atoms with Gasteiger partial charge in [0.05, 0.1) is 12.7 Å². The zero-order valence-electron chi connectivity index (χ0n) is 14.0. The number of rotatable bonds is 4. The fraction of sp³-hybridized carbons (Fsp3) is 0.353. The number of nitrogens with one attached hydrogen (secondary N) is 1. The van der Waals surface area contributed by atoms with Crippen LogP contribution in [-0.2, 0) is 16.1 Å². The number of aryl methyl sites for hydroxylation is 2. The predicted octanol–water partition coefficient (Wildman–Crippen LogP) is 2.69. The van der Waals surface area contributed by atoms with Crippen LogP contribution in [0.3, 0.4) is 0 Å². The third kappa shape index (κ3) is 3.59. The summed E-state index contributed by atoms with van der Waals surface area (Å²) < 4.78 is 6.70. The lowest BCUT2D eigenvalue weighted by molar-refractivity contribution is -0.690. The van der Waals surface area contributed by atoms with Crippen LogP contribution in [0.2, 0.25) is 0 Å². The van der Waals surface area contributed by atoms with Gasteiger partial charge in [-0.3, -0.25) is 4.79 Å². The van der Waals surface area contributed by atoms with Crippen molar-refractivity contribution in [2.75, 3.05) is 12.4 Å². The zero-order chi connectivity index (χ0) is 17.1. The minimum atomic E-state index is -0.429.